The Morgan fingerprint density at radius 2 is 2.06 bits per heavy atom. The lowest BCUT2D eigenvalue weighted by Crippen LogP contribution is -1.94. The standard InChI is InChI=1S/C12H7BrClF2NO/c13-8-3-9(15)12(16)10(4-8)18-11-2-1-7(5-14)6-17-11/h1-4,6H,5H2. The van der Waals surface area contributed by atoms with E-state index in [1.165, 1.54) is 18.3 Å². The van der Waals surface area contributed by atoms with Crippen LogP contribution in [0.2, 0.25) is 0 Å². The van der Waals surface area contributed by atoms with Crippen LogP contribution in [0.1, 0.15) is 5.56 Å². The first-order chi connectivity index (χ1) is 8.60. The van der Waals surface area contributed by atoms with Gasteiger partial charge in [-0.05, 0) is 17.7 Å². The molecule has 6 heteroatoms. The predicted octanol–water partition coefficient (Wildman–Crippen LogP) is 4.65. The summed E-state index contributed by atoms with van der Waals surface area (Å²) in [6.07, 6.45) is 1.51. The first-order valence-electron chi connectivity index (χ1n) is 4.93. The maximum absolute atomic E-state index is 13.4. The third-order valence-electron chi connectivity index (χ3n) is 2.13. The van der Waals surface area contributed by atoms with Crippen molar-refractivity contribution in [2.45, 2.75) is 5.88 Å². The van der Waals surface area contributed by atoms with Gasteiger partial charge >= 0.3 is 0 Å². The van der Waals surface area contributed by atoms with Crippen LogP contribution >= 0.6 is 27.5 Å². The molecular formula is C12H7BrClF2NO. The van der Waals surface area contributed by atoms with Crippen LogP contribution in [0.15, 0.2) is 34.9 Å². The number of aromatic nitrogens is 1. The SMILES string of the molecule is Fc1cc(Br)cc(Oc2ccc(CCl)cn2)c1F. The Kier molecular flexibility index (Phi) is 4.14. The van der Waals surface area contributed by atoms with Crippen LogP contribution in [0, 0.1) is 11.6 Å². The lowest BCUT2D eigenvalue weighted by atomic mass is 10.3. The first-order valence-corrected chi connectivity index (χ1v) is 6.26. The largest absolute Gasteiger partial charge is 0.436 e. The van der Waals surface area contributed by atoms with Crippen molar-refractivity contribution in [3.05, 3.63) is 52.1 Å². The number of ether oxygens (including phenoxy) is 1. The molecule has 2 rings (SSSR count). The van der Waals surface area contributed by atoms with Crippen molar-refractivity contribution in [3.63, 3.8) is 0 Å². The van der Waals surface area contributed by atoms with Gasteiger partial charge in [-0.3, -0.25) is 0 Å². The van der Waals surface area contributed by atoms with Crippen LogP contribution in [0.4, 0.5) is 8.78 Å². The third kappa shape index (κ3) is 2.97. The summed E-state index contributed by atoms with van der Waals surface area (Å²) in [5.41, 5.74) is 0.810. The minimum Gasteiger partial charge on any atom is -0.436 e. The Morgan fingerprint density at radius 1 is 1.28 bits per heavy atom. The minimum atomic E-state index is -1.05. The lowest BCUT2D eigenvalue weighted by Gasteiger charge is -2.07. The summed E-state index contributed by atoms with van der Waals surface area (Å²) in [5.74, 6) is -1.78. The summed E-state index contributed by atoms with van der Waals surface area (Å²) in [5, 5.41) is 0. The van der Waals surface area contributed by atoms with Crippen LogP contribution in [0.25, 0.3) is 0 Å². The van der Waals surface area contributed by atoms with Gasteiger partial charge in [-0.2, -0.15) is 4.39 Å². The zero-order chi connectivity index (χ0) is 13.1. The Hall–Kier alpha value is -1.20. The Morgan fingerprint density at radius 3 is 2.67 bits per heavy atom. The molecule has 0 radical (unpaired) electrons. The summed E-state index contributed by atoms with van der Waals surface area (Å²) in [4.78, 5) is 3.93. The summed E-state index contributed by atoms with van der Waals surface area (Å²) < 4.78 is 32.1. The van der Waals surface area contributed by atoms with Crippen molar-refractivity contribution in [2.24, 2.45) is 0 Å². The van der Waals surface area contributed by atoms with E-state index in [9.17, 15) is 8.78 Å². The molecule has 0 fully saturated rings. The highest BCUT2D eigenvalue weighted by atomic mass is 79.9. The molecule has 1 aromatic heterocycles. The van der Waals surface area contributed by atoms with Crippen molar-refractivity contribution in [1.82, 2.24) is 4.98 Å². The summed E-state index contributed by atoms with van der Waals surface area (Å²) in [6, 6.07) is 5.58. The normalized spacial score (nSPS) is 10.4. The Bertz CT molecular complexity index is 563. The molecule has 2 nitrogen and oxygen atoms in total. The summed E-state index contributed by atoms with van der Waals surface area (Å²) in [7, 11) is 0. The molecule has 0 N–H and O–H groups in total. The molecule has 0 saturated carbocycles. The average molecular weight is 335 g/mol. The topological polar surface area (TPSA) is 22.1 Å². The van der Waals surface area contributed by atoms with Gasteiger partial charge in [-0.1, -0.05) is 22.0 Å². The molecule has 94 valence electrons. The van der Waals surface area contributed by atoms with E-state index in [4.69, 9.17) is 16.3 Å². The lowest BCUT2D eigenvalue weighted by molar-refractivity contribution is 0.405. The van der Waals surface area contributed by atoms with E-state index < -0.39 is 11.6 Å². The fraction of sp³-hybridized carbons (Fsp3) is 0.0833. The van der Waals surface area contributed by atoms with Crippen LogP contribution in [-0.4, -0.2) is 4.98 Å². The quantitative estimate of drug-likeness (QED) is 0.602. The number of benzene rings is 1. The van der Waals surface area contributed by atoms with Gasteiger partial charge in [0.05, 0.1) is 0 Å². The van der Waals surface area contributed by atoms with Crippen LogP contribution in [0.3, 0.4) is 0 Å². The monoisotopic (exact) mass is 333 g/mol. The molecule has 0 amide bonds. The molecule has 2 aromatic rings. The second kappa shape index (κ2) is 5.63. The van der Waals surface area contributed by atoms with E-state index in [2.05, 4.69) is 20.9 Å². The van der Waals surface area contributed by atoms with Gasteiger partial charge in [0.2, 0.25) is 11.7 Å². The number of hydrogen-bond donors (Lipinski definition) is 0. The zero-order valence-corrected chi connectivity index (χ0v) is 11.3. The van der Waals surface area contributed by atoms with Crippen molar-refractivity contribution in [3.8, 4) is 11.6 Å². The van der Waals surface area contributed by atoms with E-state index in [-0.39, 0.29) is 11.6 Å². The van der Waals surface area contributed by atoms with Crippen molar-refractivity contribution < 1.29 is 13.5 Å². The molecule has 0 aliphatic rings. The fourth-order valence-corrected chi connectivity index (χ4v) is 1.84. The maximum Gasteiger partial charge on any atom is 0.219 e. The average Bonchev–Trinajstić information content (AvgIpc) is 2.36. The molecular weight excluding hydrogens is 327 g/mol. The molecule has 0 saturated heterocycles. The first kappa shape index (κ1) is 13.2. The highest BCUT2D eigenvalue weighted by molar-refractivity contribution is 9.10. The Labute approximate surface area is 116 Å². The van der Waals surface area contributed by atoms with Gasteiger partial charge in [0.15, 0.2) is 11.6 Å². The molecule has 0 spiro atoms. The van der Waals surface area contributed by atoms with E-state index >= 15 is 0 Å². The minimum absolute atomic E-state index is 0.167. The molecule has 0 bridgehead atoms. The van der Waals surface area contributed by atoms with Gasteiger partial charge in [-0.25, -0.2) is 9.37 Å². The van der Waals surface area contributed by atoms with Gasteiger partial charge in [0.1, 0.15) is 0 Å². The summed E-state index contributed by atoms with van der Waals surface area (Å²) >= 11 is 8.67. The zero-order valence-electron chi connectivity index (χ0n) is 8.96. The van der Waals surface area contributed by atoms with Crippen molar-refractivity contribution in [1.29, 1.82) is 0 Å². The second-order valence-corrected chi connectivity index (χ2v) is 4.62. The fourth-order valence-electron chi connectivity index (χ4n) is 1.27. The predicted molar refractivity (Wildman–Crippen MR) is 67.9 cm³/mol. The summed E-state index contributed by atoms with van der Waals surface area (Å²) in [6.45, 7) is 0. The van der Waals surface area contributed by atoms with Crippen LogP contribution in [0.5, 0.6) is 11.6 Å². The molecule has 0 atom stereocenters. The van der Waals surface area contributed by atoms with Crippen LogP contribution < -0.4 is 4.74 Å². The van der Waals surface area contributed by atoms with Crippen molar-refractivity contribution in [2.75, 3.05) is 0 Å². The number of pyridine rings is 1. The van der Waals surface area contributed by atoms with E-state index in [1.807, 2.05) is 0 Å². The molecule has 18 heavy (non-hydrogen) atoms. The maximum atomic E-state index is 13.4. The van der Waals surface area contributed by atoms with Gasteiger partial charge in [0.25, 0.3) is 0 Å². The second-order valence-electron chi connectivity index (χ2n) is 3.44. The number of alkyl halides is 1. The third-order valence-corrected chi connectivity index (χ3v) is 2.89. The van der Waals surface area contributed by atoms with Gasteiger partial charge < -0.3 is 4.74 Å². The molecule has 1 aromatic carbocycles. The number of halogens is 4. The van der Waals surface area contributed by atoms with E-state index in [0.717, 1.165) is 11.6 Å². The van der Waals surface area contributed by atoms with E-state index in [1.54, 1.807) is 6.07 Å². The molecule has 0 aliphatic carbocycles. The van der Waals surface area contributed by atoms with Gasteiger partial charge in [-0.15, -0.1) is 11.6 Å². The number of rotatable bonds is 3. The van der Waals surface area contributed by atoms with Crippen molar-refractivity contribution >= 4 is 27.5 Å². The van der Waals surface area contributed by atoms with Crippen LogP contribution in [-0.2, 0) is 5.88 Å². The number of hydrogen-bond acceptors (Lipinski definition) is 2. The smallest absolute Gasteiger partial charge is 0.219 e. The molecule has 0 aliphatic heterocycles. The highest BCUT2D eigenvalue weighted by Crippen LogP contribution is 2.28. The van der Waals surface area contributed by atoms with Gasteiger partial charge in [0, 0.05) is 22.6 Å². The number of nitrogens with zero attached hydrogens (tertiary/aromatic N) is 1. The molecule has 0 unspecified atom stereocenters. The Balaban J connectivity index is 2.27. The molecule has 1 heterocycles. The highest BCUT2D eigenvalue weighted by Gasteiger charge is 2.12. The van der Waals surface area contributed by atoms with E-state index in [0.29, 0.717) is 10.4 Å².